The van der Waals surface area contributed by atoms with Crippen LogP contribution in [0.1, 0.15) is 30.1 Å². The molecule has 1 N–H and O–H groups in total. The van der Waals surface area contributed by atoms with E-state index in [2.05, 4.69) is 39.7 Å². The molecule has 1 fully saturated rings. The molecular weight excluding hydrogens is 414 g/mol. The van der Waals surface area contributed by atoms with Gasteiger partial charge in [0.15, 0.2) is 0 Å². The largest absolute Gasteiger partial charge is 0.359 e. The van der Waals surface area contributed by atoms with Gasteiger partial charge in [-0.3, -0.25) is 9.59 Å². The Balaban J connectivity index is 1.52. The van der Waals surface area contributed by atoms with E-state index < -0.39 is 5.41 Å². The number of likely N-dealkylation sites (tertiary alicyclic amines) is 1. The molecular formula is C26H31N5O2. The van der Waals surface area contributed by atoms with Crippen molar-refractivity contribution in [3.8, 4) is 11.1 Å². The predicted molar refractivity (Wildman–Crippen MR) is 127 cm³/mol. The van der Waals surface area contributed by atoms with Crippen molar-refractivity contribution in [2.24, 2.45) is 5.41 Å². The number of nitrogens with one attached hydrogen (secondary N) is 1. The first-order valence-electron chi connectivity index (χ1n) is 11.4. The third kappa shape index (κ3) is 4.82. The second-order valence-electron chi connectivity index (χ2n) is 8.80. The summed E-state index contributed by atoms with van der Waals surface area (Å²) in [5, 5.41) is 7.20. The number of amides is 2. The van der Waals surface area contributed by atoms with E-state index in [0.29, 0.717) is 44.7 Å². The quantitative estimate of drug-likeness (QED) is 0.606. The van der Waals surface area contributed by atoms with Crippen molar-refractivity contribution >= 4 is 11.8 Å². The molecule has 1 aliphatic rings. The van der Waals surface area contributed by atoms with Crippen LogP contribution >= 0.6 is 0 Å². The van der Waals surface area contributed by atoms with Crippen LogP contribution < -0.4 is 5.32 Å². The molecule has 1 aliphatic heterocycles. The topological polar surface area (TPSA) is 80.1 Å². The van der Waals surface area contributed by atoms with Gasteiger partial charge >= 0.3 is 0 Å². The Bertz CT molecular complexity index is 1140. The van der Waals surface area contributed by atoms with Gasteiger partial charge in [-0.15, -0.1) is 0 Å². The molecule has 0 aliphatic carbocycles. The molecule has 0 saturated carbocycles. The minimum Gasteiger partial charge on any atom is -0.359 e. The summed E-state index contributed by atoms with van der Waals surface area (Å²) in [6, 6.07) is 18.4. The molecule has 3 aromatic rings. The maximum absolute atomic E-state index is 13.1. The van der Waals surface area contributed by atoms with Crippen molar-refractivity contribution in [3.05, 3.63) is 71.8 Å². The zero-order valence-corrected chi connectivity index (χ0v) is 19.5. The van der Waals surface area contributed by atoms with E-state index in [1.807, 2.05) is 49.1 Å². The summed E-state index contributed by atoms with van der Waals surface area (Å²) in [6.45, 7) is 5.23. The Hall–Kier alpha value is -3.48. The third-order valence-electron chi connectivity index (χ3n) is 6.55. The Morgan fingerprint density at radius 1 is 1.06 bits per heavy atom. The first-order chi connectivity index (χ1) is 15.9. The maximum atomic E-state index is 13.1. The van der Waals surface area contributed by atoms with Gasteiger partial charge in [-0.25, -0.2) is 9.67 Å². The van der Waals surface area contributed by atoms with Gasteiger partial charge in [0.05, 0.1) is 12.0 Å². The second kappa shape index (κ2) is 9.57. The van der Waals surface area contributed by atoms with Gasteiger partial charge in [0.2, 0.25) is 11.8 Å². The average molecular weight is 446 g/mol. The van der Waals surface area contributed by atoms with E-state index in [9.17, 15) is 9.59 Å². The van der Waals surface area contributed by atoms with Crippen LogP contribution in [0.4, 0.5) is 0 Å². The second-order valence-corrected chi connectivity index (χ2v) is 8.80. The van der Waals surface area contributed by atoms with Crippen molar-refractivity contribution < 1.29 is 9.59 Å². The van der Waals surface area contributed by atoms with Crippen LogP contribution in [0.3, 0.4) is 0 Å². The van der Waals surface area contributed by atoms with E-state index in [1.54, 1.807) is 11.7 Å². The lowest BCUT2D eigenvalue weighted by Gasteiger charge is -2.28. The zero-order chi connectivity index (χ0) is 23.4. The standard InChI is InChI=1S/C26H31N5O2/c1-19-28-20(2)31(29-19)15-13-24(32)30-16-14-26(18-30,25(33)27-3)17-22-11-7-8-12-23(22)21-9-5-4-6-10-21/h4-12H,13-18H2,1-3H3,(H,27,33)/t26-/m0/s1. The number of nitrogens with zero attached hydrogens (tertiary/aromatic N) is 4. The van der Waals surface area contributed by atoms with Crippen molar-refractivity contribution in [1.82, 2.24) is 25.0 Å². The zero-order valence-electron chi connectivity index (χ0n) is 19.5. The molecule has 2 heterocycles. The molecule has 0 spiro atoms. The van der Waals surface area contributed by atoms with Gasteiger partial charge in [-0.1, -0.05) is 54.6 Å². The molecule has 4 rings (SSSR count). The highest BCUT2D eigenvalue weighted by Crippen LogP contribution is 2.37. The van der Waals surface area contributed by atoms with E-state index in [1.165, 1.54) is 0 Å². The van der Waals surface area contributed by atoms with Gasteiger partial charge in [0.1, 0.15) is 11.6 Å². The van der Waals surface area contributed by atoms with Crippen LogP contribution in [0.25, 0.3) is 11.1 Å². The van der Waals surface area contributed by atoms with Crippen molar-refractivity contribution in [1.29, 1.82) is 0 Å². The van der Waals surface area contributed by atoms with Gasteiger partial charge in [0.25, 0.3) is 0 Å². The normalized spacial score (nSPS) is 17.8. The fourth-order valence-corrected chi connectivity index (χ4v) is 4.83. The van der Waals surface area contributed by atoms with Crippen molar-refractivity contribution in [2.45, 2.75) is 39.7 Å². The lowest BCUT2D eigenvalue weighted by Crippen LogP contribution is -2.44. The van der Waals surface area contributed by atoms with Gasteiger partial charge < -0.3 is 10.2 Å². The summed E-state index contributed by atoms with van der Waals surface area (Å²) >= 11 is 0. The molecule has 1 aromatic heterocycles. The molecule has 1 saturated heterocycles. The van der Waals surface area contributed by atoms with E-state index >= 15 is 0 Å². The smallest absolute Gasteiger partial charge is 0.228 e. The molecule has 0 unspecified atom stereocenters. The number of aryl methyl sites for hydroxylation is 3. The number of hydrogen-bond donors (Lipinski definition) is 1. The first-order valence-corrected chi connectivity index (χ1v) is 11.4. The van der Waals surface area contributed by atoms with E-state index in [4.69, 9.17) is 0 Å². The van der Waals surface area contributed by atoms with Gasteiger partial charge in [-0.2, -0.15) is 5.10 Å². The molecule has 7 nitrogen and oxygen atoms in total. The van der Waals surface area contributed by atoms with Crippen LogP contribution in [-0.2, 0) is 22.6 Å². The number of carbonyl (C=O) groups is 2. The highest BCUT2D eigenvalue weighted by atomic mass is 16.2. The highest BCUT2D eigenvalue weighted by Gasteiger charge is 2.45. The minimum atomic E-state index is -0.644. The fraction of sp³-hybridized carbons (Fsp3) is 0.385. The number of hydrogen-bond acceptors (Lipinski definition) is 4. The predicted octanol–water partition coefficient (Wildman–Crippen LogP) is 3.16. The number of carbonyl (C=O) groups excluding carboxylic acids is 2. The van der Waals surface area contributed by atoms with Gasteiger partial charge in [-0.05, 0) is 43.4 Å². The van der Waals surface area contributed by atoms with E-state index in [-0.39, 0.29) is 11.8 Å². The van der Waals surface area contributed by atoms with Crippen LogP contribution in [0.5, 0.6) is 0 Å². The van der Waals surface area contributed by atoms with Crippen LogP contribution in [0, 0.1) is 19.3 Å². The number of aromatic nitrogens is 3. The summed E-state index contributed by atoms with van der Waals surface area (Å²) in [5.74, 6) is 1.55. The van der Waals surface area contributed by atoms with Crippen molar-refractivity contribution in [2.75, 3.05) is 20.1 Å². The lowest BCUT2D eigenvalue weighted by atomic mass is 9.78. The van der Waals surface area contributed by atoms with E-state index in [0.717, 1.165) is 22.5 Å². The monoisotopic (exact) mass is 445 g/mol. The van der Waals surface area contributed by atoms with Crippen LogP contribution in [0.2, 0.25) is 0 Å². The average Bonchev–Trinajstić information content (AvgIpc) is 3.41. The minimum absolute atomic E-state index is 0.0107. The number of benzene rings is 2. The summed E-state index contributed by atoms with van der Waals surface area (Å²) in [6.07, 6.45) is 1.57. The summed E-state index contributed by atoms with van der Waals surface area (Å²) in [4.78, 5) is 32.3. The first kappa shape index (κ1) is 22.7. The fourth-order valence-electron chi connectivity index (χ4n) is 4.83. The molecule has 33 heavy (non-hydrogen) atoms. The van der Waals surface area contributed by atoms with Crippen LogP contribution in [-0.4, -0.2) is 51.6 Å². The third-order valence-corrected chi connectivity index (χ3v) is 6.55. The van der Waals surface area contributed by atoms with Gasteiger partial charge in [0, 0.05) is 26.6 Å². The Morgan fingerprint density at radius 3 is 2.48 bits per heavy atom. The molecule has 1 atom stereocenters. The highest BCUT2D eigenvalue weighted by molar-refractivity contribution is 5.86. The Morgan fingerprint density at radius 2 is 1.79 bits per heavy atom. The SMILES string of the molecule is CNC(=O)[C@]1(Cc2ccccc2-c2ccccc2)CCN(C(=O)CCn2nc(C)nc2C)C1. The summed E-state index contributed by atoms with van der Waals surface area (Å²) in [5.41, 5.74) is 2.73. The van der Waals surface area contributed by atoms with Crippen molar-refractivity contribution in [3.63, 3.8) is 0 Å². The maximum Gasteiger partial charge on any atom is 0.228 e. The molecule has 0 radical (unpaired) electrons. The molecule has 0 bridgehead atoms. The Labute approximate surface area is 194 Å². The van der Waals surface area contributed by atoms with Crippen LogP contribution in [0.15, 0.2) is 54.6 Å². The molecule has 7 heteroatoms. The number of rotatable bonds is 7. The summed E-state index contributed by atoms with van der Waals surface area (Å²) in [7, 11) is 1.67. The molecule has 2 amide bonds. The lowest BCUT2D eigenvalue weighted by molar-refractivity contribution is -0.133. The molecule has 2 aromatic carbocycles. The summed E-state index contributed by atoms with van der Waals surface area (Å²) < 4.78 is 1.77. The Kier molecular flexibility index (Phi) is 6.58. The molecule has 172 valence electrons.